The van der Waals surface area contributed by atoms with Gasteiger partial charge in [-0.25, -0.2) is 0 Å². The number of rotatable bonds is 2. The number of benzene rings is 2. The largest absolute Gasteiger partial charge is 0.508 e. The van der Waals surface area contributed by atoms with E-state index in [0.717, 1.165) is 22.0 Å². The van der Waals surface area contributed by atoms with Crippen molar-refractivity contribution < 1.29 is 5.11 Å². The predicted molar refractivity (Wildman–Crippen MR) is 93.9 cm³/mol. The zero-order chi connectivity index (χ0) is 17.0. The zero-order valence-electron chi connectivity index (χ0n) is 12.8. The number of nitrogens with zero attached hydrogens (tertiary/aromatic N) is 5. The van der Waals surface area contributed by atoms with Crippen molar-refractivity contribution in [3.8, 4) is 5.75 Å². The summed E-state index contributed by atoms with van der Waals surface area (Å²) in [5, 5.41) is 23.9. The first kappa shape index (κ1) is 14.2. The second kappa shape index (κ2) is 5.15. The second-order valence-corrected chi connectivity index (χ2v) is 6.17. The van der Waals surface area contributed by atoms with E-state index in [1.54, 1.807) is 16.6 Å². The number of aromatic amines is 1. The van der Waals surface area contributed by atoms with Gasteiger partial charge in [0.25, 0.3) is 5.78 Å². The fraction of sp³-hybridized carbons (Fsp3) is 0.0588. The molecule has 0 aliphatic heterocycles. The number of hydrogen-bond donors (Lipinski definition) is 2. The first-order valence-corrected chi connectivity index (χ1v) is 8.03. The van der Waals surface area contributed by atoms with Gasteiger partial charge in [-0.05, 0) is 23.8 Å². The molecule has 0 atom stereocenters. The summed E-state index contributed by atoms with van der Waals surface area (Å²) >= 11 is 6.24. The summed E-state index contributed by atoms with van der Waals surface area (Å²) in [5.41, 5.74) is 3.15. The number of phenolic OH excluding ortho intramolecular Hbond substituents is 1. The van der Waals surface area contributed by atoms with Crippen LogP contribution in [0.25, 0.3) is 27.8 Å². The van der Waals surface area contributed by atoms with E-state index in [4.69, 9.17) is 11.6 Å². The van der Waals surface area contributed by atoms with Gasteiger partial charge in [-0.1, -0.05) is 35.9 Å². The Balaban J connectivity index is 1.70. The molecule has 2 N–H and O–H groups in total. The number of halogens is 1. The SMILES string of the molecule is Oc1ccc(Cc2nnc3nc4[nH]c5c(Cl)cccc5c4nn23)cc1. The lowest BCUT2D eigenvalue weighted by molar-refractivity contribution is 0.475. The third kappa shape index (κ3) is 2.20. The summed E-state index contributed by atoms with van der Waals surface area (Å²) < 4.78 is 1.64. The van der Waals surface area contributed by atoms with E-state index in [9.17, 15) is 5.11 Å². The summed E-state index contributed by atoms with van der Waals surface area (Å²) in [4.78, 5) is 7.69. The van der Waals surface area contributed by atoms with Gasteiger partial charge in [-0.2, -0.15) is 14.6 Å². The van der Waals surface area contributed by atoms with E-state index >= 15 is 0 Å². The highest BCUT2D eigenvalue weighted by molar-refractivity contribution is 6.36. The molecule has 2 aromatic carbocycles. The molecule has 25 heavy (non-hydrogen) atoms. The average Bonchev–Trinajstić information content (AvgIpc) is 3.17. The molecule has 0 fully saturated rings. The van der Waals surface area contributed by atoms with Crippen molar-refractivity contribution in [3.05, 3.63) is 58.9 Å². The summed E-state index contributed by atoms with van der Waals surface area (Å²) in [6.45, 7) is 0. The maximum Gasteiger partial charge on any atom is 0.273 e. The average molecular weight is 351 g/mol. The molecule has 0 amide bonds. The quantitative estimate of drug-likeness (QED) is 0.510. The van der Waals surface area contributed by atoms with E-state index in [2.05, 4.69) is 25.3 Å². The molecule has 0 radical (unpaired) electrons. The Bertz CT molecular complexity index is 1240. The van der Waals surface area contributed by atoms with Gasteiger partial charge in [0, 0.05) is 11.8 Å². The van der Waals surface area contributed by atoms with Crippen molar-refractivity contribution in [1.82, 2.24) is 29.8 Å². The van der Waals surface area contributed by atoms with Gasteiger partial charge < -0.3 is 10.1 Å². The van der Waals surface area contributed by atoms with Crippen molar-refractivity contribution in [2.24, 2.45) is 0 Å². The van der Waals surface area contributed by atoms with Gasteiger partial charge in [0.05, 0.1) is 10.5 Å². The lowest BCUT2D eigenvalue weighted by Gasteiger charge is -2.00. The molecule has 5 aromatic rings. The molecule has 7 nitrogen and oxygen atoms in total. The molecule has 0 saturated carbocycles. The molecule has 5 rings (SSSR count). The normalized spacial score (nSPS) is 11.7. The van der Waals surface area contributed by atoms with Gasteiger partial charge in [-0.3, -0.25) is 0 Å². The fourth-order valence-corrected chi connectivity index (χ4v) is 3.14. The third-order valence-electron chi connectivity index (χ3n) is 4.14. The Hall–Kier alpha value is -3.19. The summed E-state index contributed by atoms with van der Waals surface area (Å²) in [6.07, 6.45) is 0.532. The van der Waals surface area contributed by atoms with Crippen LogP contribution in [0.5, 0.6) is 5.75 Å². The molecule has 3 heterocycles. The topological polar surface area (TPSA) is 92.0 Å². The Morgan fingerprint density at radius 2 is 1.92 bits per heavy atom. The molecule has 0 spiro atoms. The van der Waals surface area contributed by atoms with Crippen LogP contribution < -0.4 is 0 Å². The smallest absolute Gasteiger partial charge is 0.273 e. The Labute approximate surface area is 145 Å². The van der Waals surface area contributed by atoms with Crippen LogP contribution in [-0.4, -0.2) is 34.9 Å². The van der Waals surface area contributed by atoms with Crippen LogP contribution in [0, 0.1) is 0 Å². The number of phenols is 1. The molecular formula is C17H11ClN6O. The first-order chi connectivity index (χ1) is 12.2. The Kier molecular flexibility index (Phi) is 2.92. The zero-order valence-corrected chi connectivity index (χ0v) is 13.6. The van der Waals surface area contributed by atoms with Crippen molar-refractivity contribution in [2.75, 3.05) is 0 Å². The van der Waals surface area contributed by atoms with E-state index < -0.39 is 0 Å². The molecule has 0 unspecified atom stereocenters. The molecule has 8 heteroatoms. The minimum absolute atomic E-state index is 0.229. The number of aromatic nitrogens is 6. The minimum Gasteiger partial charge on any atom is -0.508 e. The van der Waals surface area contributed by atoms with Gasteiger partial charge >= 0.3 is 0 Å². The van der Waals surface area contributed by atoms with E-state index in [1.165, 1.54) is 0 Å². The number of hydrogen-bond acceptors (Lipinski definition) is 5. The van der Waals surface area contributed by atoms with Gasteiger partial charge in [0.15, 0.2) is 11.5 Å². The van der Waals surface area contributed by atoms with Crippen LogP contribution in [0.2, 0.25) is 5.02 Å². The lowest BCUT2D eigenvalue weighted by atomic mass is 10.1. The standard InChI is InChI=1S/C17H11ClN6O/c18-12-3-1-2-11-14(12)19-16-15(11)23-24-13(21-22-17(24)20-16)8-9-4-6-10(25)7-5-9/h1-7,25H,8H2,(H,19,20,22). The highest BCUT2D eigenvalue weighted by atomic mass is 35.5. The second-order valence-electron chi connectivity index (χ2n) is 5.77. The number of H-pyrrole nitrogens is 1. The molecular weight excluding hydrogens is 340 g/mol. The summed E-state index contributed by atoms with van der Waals surface area (Å²) in [7, 11) is 0. The van der Waals surface area contributed by atoms with E-state index in [1.807, 2.05) is 30.3 Å². The monoisotopic (exact) mass is 350 g/mol. The highest BCUT2D eigenvalue weighted by Crippen LogP contribution is 2.28. The molecule has 0 saturated heterocycles. The van der Waals surface area contributed by atoms with Gasteiger partial charge in [0.2, 0.25) is 0 Å². The van der Waals surface area contributed by atoms with Crippen molar-refractivity contribution in [2.45, 2.75) is 6.42 Å². The predicted octanol–water partition coefficient (Wildman–Crippen LogP) is 3.10. The number of fused-ring (bicyclic) bond motifs is 4. The van der Waals surface area contributed by atoms with Crippen molar-refractivity contribution in [3.63, 3.8) is 0 Å². The van der Waals surface area contributed by atoms with Crippen molar-refractivity contribution >= 4 is 39.4 Å². The minimum atomic E-state index is 0.229. The van der Waals surface area contributed by atoms with Crippen LogP contribution in [0.3, 0.4) is 0 Å². The molecule has 122 valence electrons. The molecule has 3 aromatic heterocycles. The molecule has 0 bridgehead atoms. The van der Waals surface area contributed by atoms with Gasteiger partial charge in [-0.15, -0.1) is 10.2 Å². The fourth-order valence-electron chi connectivity index (χ4n) is 2.92. The lowest BCUT2D eigenvalue weighted by Crippen LogP contribution is -2.01. The maximum absolute atomic E-state index is 9.40. The molecule has 0 aliphatic rings. The van der Waals surface area contributed by atoms with Crippen molar-refractivity contribution in [1.29, 1.82) is 0 Å². The number of aromatic hydroxyl groups is 1. The summed E-state index contributed by atoms with van der Waals surface area (Å²) in [5.74, 6) is 1.32. The Morgan fingerprint density at radius 1 is 1.08 bits per heavy atom. The van der Waals surface area contributed by atoms with Crippen LogP contribution >= 0.6 is 11.6 Å². The maximum atomic E-state index is 9.40. The molecule has 0 aliphatic carbocycles. The third-order valence-corrected chi connectivity index (χ3v) is 4.45. The number of nitrogens with one attached hydrogen (secondary N) is 1. The highest BCUT2D eigenvalue weighted by Gasteiger charge is 2.15. The summed E-state index contributed by atoms with van der Waals surface area (Å²) in [6, 6.07) is 12.6. The number of para-hydroxylation sites is 1. The van der Waals surface area contributed by atoms with Crippen LogP contribution in [-0.2, 0) is 6.42 Å². The van der Waals surface area contributed by atoms with E-state index in [0.29, 0.717) is 28.7 Å². The van der Waals surface area contributed by atoms with E-state index in [-0.39, 0.29) is 5.75 Å². The Morgan fingerprint density at radius 3 is 2.76 bits per heavy atom. The first-order valence-electron chi connectivity index (χ1n) is 7.65. The van der Waals surface area contributed by atoms with Crippen LogP contribution in [0.15, 0.2) is 42.5 Å². The van der Waals surface area contributed by atoms with Crippen LogP contribution in [0.1, 0.15) is 11.4 Å². The van der Waals surface area contributed by atoms with Gasteiger partial charge in [0.1, 0.15) is 11.3 Å². The van der Waals surface area contributed by atoms with Crippen LogP contribution in [0.4, 0.5) is 0 Å².